The number of carbonyl (C=O) groups excluding carboxylic acids is 1. The predicted octanol–water partition coefficient (Wildman–Crippen LogP) is 4.33. The van der Waals surface area contributed by atoms with Crippen molar-refractivity contribution in [2.75, 3.05) is 26.4 Å². The van der Waals surface area contributed by atoms with Gasteiger partial charge in [0.2, 0.25) is 0 Å². The van der Waals surface area contributed by atoms with Gasteiger partial charge >= 0.3 is 24.3 Å². The number of aliphatic carboxylic acids is 1. The second-order valence-electron chi connectivity index (χ2n) is 8.52. The summed E-state index contributed by atoms with van der Waals surface area (Å²) >= 11 is 0. The van der Waals surface area contributed by atoms with Crippen molar-refractivity contribution in [3.63, 3.8) is 0 Å². The molecule has 37 heavy (non-hydrogen) atoms. The number of hydrogen-bond donors (Lipinski definition) is 1. The van der Waals surface area contributed by atoms with E-state index in [0.717, 1.165) is 22.9 Å². The second-order valence-corrected chi connectivity index (χ2v) is 8.52. The topological polar surface area (TPSA) is 81.0 Å². The van der Waals surface area contributed by atoms with Crippen LogP contribution in [0.2, 0.25) is 0 Å². The van der Waals surface area contributed by atoms with Gasteiger partial charge in [-0.2, -0.15) is 26.3 Å². The highest BCUT2D eigenvalue weighted by molar-refractivity contribution is 6.04. The number of alkyl halides is 7. The summed E-state index contributed by atoms with van der Waals surface area (Å²) in [5.41, 5.74) is -0.00921. The Kier molecular flexibility index (Phi) is 8.67. The number of morpholine rings is 1. The molecule has 2 fully saturated rings. The summed E-state index contributed by atoms with van der Waals surface area (Å²) in [5.74, 6) is -4.21. The Bertz CT molecular complexity index is 1100. The average Bonchev–Trinajstić information content (AvgIpc) is 3.10. The Morgan fingerprint density at radius 2 is 1.68 bits per heavy atom. The molecule has 2 bridgehead atoms. The quantitative estimate of drug-likeness (QED) is 0.444. The van der Waals surface area contributed by atoms with Gasteiger partial charge < -0.3 is 19.1 Å². The molecule has 15 heteroatoms. The highest BCUT2D eigenvalue weighted by atomic mass is 19.4. The zero-order valence-electron chi connectivity index (χ0n) is 19.0. The summed E-state index contributed by atoms with van der Waals surface area (Å²) < 4.78 is 109. The third-order valence-corrected chi connectivity index (χ3v) is 5.90. The number of ether oxygens (including phenoxy) is 2. The number of rotatable bonds is 5. The van der Waals surface area contributed by atoms with Crippen LogP contribution in [-0.4, -0.2) is 83.5 Å². The first kappa shape index (κ1) is 28.6. The van der Waals surface area contributed by atoms with Crippen LogP contribution in [0.5, 0.6) is 0 Å². The lowest BCUT2D eigenvalue weighted by Gasteiger charge is -2.47. The second kappa shape index (κ2) is 11.2. The number of hydrogen-bond acceptors (Lipinski definition) is 5. The van der Waals surface area contributed by atoms with E-state index in [1.54, 1.807) is 0 Å². The zero-order valence-corrected chi connectivity index (χ0v) is 19.0. The van der Waals surface area contributed by atoms with E-state index in [1.165, 1.54) is 6.07 Å². The van der Waals surface area contributed by atoms with Gasteiger partial charge in [0.1, 0.15) is 25.1 Å². The van der Waals surface area contributed by atoms with E-state index >= 15 is 0 Å². The molecule has 0 spiro atoms. The van der Waals surface area contributed by atoms with E-state index in [1.807, 2.05) is 4.90 Å². The van der Waals surface area contributed by atoms with E-state index in [9.17, 15) is 39.9 Å². The first-order valence-corrected chi connectivity index (χ1v) is 10.9. The van der Waals surface area contributed by atoms with Crippen molar-refractivity contribution in [3.8, 4) is 0 Å². The third-order valence-electron chi connectivity index (χ3n) is 5.90. The number of benzene rings is 1. The molecule has 3 heterocycles. The molecule has 1 N–H and O–H groups in total. The van der Waals surface area contributed by atoms with Crippen LogP contribution in [0, 0.1) is 5.82 Å². The van der Waals surface area contributed by atoms with Crippen molar-refractivity contribution in [3.05, 3.63) is 35.8 Å². The predicted molar refractivity (Wildman–Crippen MR) is 111 cm³/mol. The lowest BCUT2D eigenvalue weighted by Crippen LogP contribution is -2.59. The normalized spacial score (nSPS) is 22.3. The van der Waals surface area contributed by atoms with Gasteiger partial charge in [-0.25, -0.2) is 18.4 Å². The van der Waals surface area contributed by atoms with Crippen LogP contribution < -0.4 is 0 Å². The molecule has 0 aliphatic carbocycles. The number of carboxylic acid groups (broad SMARTS) is 1. The monoisotopic (exact) mass is 546 g/mol. The molecule has 1 aromatic heterocycles. The number of carbonyl (C=O) groups is 2. The summed E-state index contributed by atoms with van der Waals surface area (Å²) in [6, 6.07) is 3.12. The standard InChI is InChI=1S/C20H21F5N2O3.C2HF3O2/c21-3-4-27-13-6-15(7-14(27)10-29-9-13)30-19(28)17-8-26(11-20(23,24)25)18-2-1-12(22)5-16(17)18;3-2(4,5)1(6)7/h1-2,5,8,13-15H,3-4,6-7,9-11H2;(H,6,7). The number of nitrogens with zero attached hydrogens (tertiary/aromatic N) is 2. The first-order valence-electron chi connectivity index (χ1n) is 10.9. The summed E-state index contributed by atoms with van der Waals surface area (Å²) in [7, 11) is 0. The average molecular weight is 546 g/mol. The van der Waals surface area contributed by atoms with Crippen molar-refractivity contribution in [2.24, 2.45) is 0 Å². The zero-order chi connectivity index (χ0) is 27.5. The Morgan fingerprint density at radius 1 is 1.08 bits per heavy atom. The molecule has 4 rings (SSSR count). The molecule has 2 aromatic rings. The van der Waals surface area contributed by atoms with Gasteiger partial charge in [0, 0.05) is 48.6 Å². The van der Waals surface area contributed by atoms with Crippen molar-refractivity contribution in [1.82, 2.24) is 9.47 Å². The highest BCUT2D eigenvalue weighted by Gasteiger charge is 2.41. The number of aromatic nitrogens is 1. The van der Waals surface area contributed by atoms with Gasteiger partial charge in [-0.3, -0.25) is 4.90 Å². The fourth-order valence-electron chi connectivity index (χ4n) is 4.47. The SMILES string of the molecule is O=C(O)C(F)(F)F.O=C(OC1CC2COCC(C1)N2CCF)c1cn(CC(F)(F)F)c2ccc(F)cc12. The Balaban J connectivity index is 0.000000479. The summed E-state index contributed by atoms with van der Waals surface area (Å²) in [4.78, 5) is 23.7. The summed E-state index contributed by atoms with van der Waals surface area (Å²) in [5, 5.41) is 7.20. The molecule has 2 aliphatic rings. The van der Waals surface area contributed by atoms with E-state index < -0.39 is 49.4 Å². The minimum absolute atomic E-state index is 0.0719. The lowest BCUT2D eigenvalue weighted by molar-refractivity contribution is -0.192. The molecule has 0 amide bonds. The van der Waals surface area contributed by atoms with Gasteiger partial charge in [0.05, 0.1) is 18.8 Å². The molecule has 2 saturated heterocycles. The number of piperidine rings is 1. The lowest BCUT2D eigenvalue weighted by atomic mass is 9.92. The largest absolute Gasteiger partial charge is 0.490 e. The van der Waals surface area contributed by atoms with Crippen LogP contribution in [0.15, 0.2) is 24.4 Å². The van der Waals surface area contributed by atoms with Gasteiger partial charge in [-0.05, 0) is 18.2 Å². The van der Waals surface area contributed by atoms with Crippen molar-refractivity contribution < 1.29 is 59.3 Å². The number of carboxylic acids is 1. The van der Waals surface area contributed by atoms with Crippen LogP contribution in [0.25, 0.3) is 10.9 Å². The van der Waals surface area contributed by atoms with E-state index in [0.29, 0.717) is 26.1 Å². The molecule has 206 valence electrons. The highest BCUT2D eigenvalue weighted by Crippen LogP contribution is 2.32. The molecule has 0 radical (unpaired) electrons. The third kappa shape index (κ3) is 7.31. The maximum Gasteiger partial charge on any atom is 0.490 e. The van der Waals surface area contributed by atoms with Gasteiger partial charge in [-0.1, -0.05) is 0 Å². The number of esters is 1. The van der Waals surface area contributed by atoms with Crippen molar-refractivity contribution in [1.29, 1.82) is 0 Å². The molecular formula is C22H22F8N2O5. The van der Waals surface area contributed by atoms with E-state index in [4.69, 9.17) is 19.4 Å². The van der Waals surface area contributed by atoms with Crippen molar-refractivity contribution >= 4 is 22.8 Å². The number of halogens is 8. The van der Waals surface area contributed by atoms with E-state index in [-0.39, 0.29) is 35.1 Å². The van der Waals surface area contributed by atoms with Crippen LogP contribution in [0.4, 0.5) is 35.1 Å². The molecule has 2 unspecified atom stereocenters. The molecular weight excluding hydrogens is 524 g/mol. The van der Waals surface area contributed by atoms with Crippen LogP contribution in [0.1, 0.15) is 23.2 Å². The van der Waals surface area contributed by atoms with Crippen LogP contribution in [-0.2, 0) is 20.8 Å². The number of fused-ring (bicyclic) bond motifs is 3. The summed E-state index contributed by atoms with van der Waals surface area (Å²) in [6.45, 7) is -0.696. The summed E-state index contributed by atoms with van der Waals surface area (Å²) in [6.07, 6.45) is -8.11. The van der Waals surface area contributed by atoms with Crippen LogP contribution >= 0.6 is 0 Å². The first-order chi connectivity index (χ1) is 17.2. The molecule has 0 saturated carbocycles. The Morgan fingerprint density at radius 3 is 2.19 bits per heavy atom. The fourth-order valence-corrected chi connectivity index (χ4v) is 4.47. The van der Waals surface area contributed by atoms with Gasteiger partial charge in [0.25, 0.3) is 0 Å². The Labute approximate surface area is 204 Å². The minimum atomic E-state index is -5.08. The van der Waals surface area contributed by atoms with Gasteiger partial charge in [-0.15, -0.1) is 0 Å². The maximum atomic E-state index is 13.7. The maximum absolute atomic E-state index is 13.7. The minimum Gasteiger partial charge on any atom is -0.475 e. The molecule has 2 atom stereocenters. The Hall–Kier alpha value is -2.94. The van der Waals surface area contributed by atoms with Gasteiger partial charge in [0.15, 0.2) is 0 Å². The van der Waals surface area contributed by atoms with E-state index in [2.05, 4.69) is 0 Å². The molecule has 1 aromatic carbocycles. The molecule has 2 aliphatic heterocycles. The smallest absolute Gasteiger partial charge is 0.475 e. The van der Waals surface area contributed by atoms with Crippen molar-refractivity contribution in [2.45, 2.75) is 49.9 Å². The fraction of sp³-hybridized carbons (Fsp3) is 0.545. The molecule has 7 nitrogen and oxygen atoms in total. The van der Waals surface area contributed by atoms with Crippen LogP contribution in [0.3, 0.4) is 0 Å².